The molecule has 3 rings (SSSR count). The Morgan fingerprint density at radius 2 is 1.78 bits per heavy atom. The molecule has 0 radical (unpaired) electrons. The first kappa shape index (κ1) is 19.1. The van der Waals surface area contributed by atoms with Crippen LogP contribution in [0.3, 0.4) is 0 Å². The Morgan fingerprint density at radius 3 is 2.44 bits per heavy atom. The third kappa shape index (κ3) is 4.19. The van der Waals surface area contributed by atoms with Gasteiger partial charge in [0, 0.05) is 5.56 Å². The van der Waals surface area contributed by atoms with E-state index < -0.39 is 22.0 Å². The van der Waals surface area contributed by atoms with E-state index in [0.29, 0.717) is 5.56 Å². The Balaban J connectivity index is 1.81. The highest BCUT2D eigenvalue weighted by atomic mass is 32.2. The maximum absolute atomic E-state index is 12.6. The highest BCUT2D eigenvalue weighted by Gasteiger charge is 2.33. The number of fused-ring (bicyclic) bond motifs is 1. The van der Waals surface area contributed by atoms with E-state index in [9.17, 15) is 13.2 Å². The molecule has 0 unspecified atom stereocenters. The molecule has 7 heteroatoms. The van der Waals surface area contributed by atoms with Gasteiger partial charge >= 0.3 is 5.97 Å². The van der Waals surface area contributed by atoms with Gasteiger partial charge in [-0.25, -0.2) is 13.2 Å². The summed E-state index contributed by atoms with van der Waals surface area (Å²) in [5.74, 6) is -0.460. The lowest BCUT2D eigenvalue weighted by atomic mass is 10.0. The molecule has 1 aliphatic rings. The minimum absolute atomic E-state index is 0.148. The molecule has 142 valence electrons. The van der Waals surface area contributed by atoms with Gasteiger partial charge in [0.25, 0.3) is 10.0 Å². The maximum atomic E-state index is 12.6. The van der Waals surface area contributed by atoms with E-state index in [0.717, 1.165) is 11.1 Å². The number of hydrogen-bond donors (Lipinski definition) is 1. The maximum Gasteiger partial charge on any atom is 0.331 e. The average Bonchev–Trinajstić information content (AvgIpc) is 2.89. The molecule has 0 amide bonds. The number of sulfonamides is 1. The molecular formula is C20H22N2O4S. The number of nitrogens with zero attached hydrogens (tertiary/aromatic N) is 1. The van der Waals surface area contributed by atoms with Crippen molar-refractivity contribution >= 4 is 21.8 Å². The first-order valence-electron chi connectivity index (χ1n) is 8.70. The zero-order chi connectivity index (χ0) is 19.6. The molecule has 1 atom stereocenters. The van der Waals surface area contributed by atoms with Crippen molar-refractivity contribution < 1.29 is 17.9 Å². The van der Waals surface area contributed by atoms with E-state index in [1.165, 1.54) is 6.07 Å². The topological polar surface area (TPSA) is 84.8 Å². The van der Waals surface area contributed by atoms with Crippen LogP contribution in [0.5, 0.6) is 0 Å². The van der Waals surface area contributed by atoms with Crippen LogP contribution in [0.15, 0.2) is 58.4 Å². The highest BCUT2D eigenvalue weighted by molar-refractivity contribution is 7.90. The number of amidine groups is 1. The number of nitrogens with one attached hydrogen (secondary N) is 1. The summed E-state index contributed by atoms with van der Waals surface area (Å²) in [6.07, 6.45) is 0. The largest absolute Gasteiger partial charge is 0.459 e. The van der Waals surface area contributed by atoms with E-state index in [1.807, 2.05) is 45.0 Å². The standard InChI is InChI=1S/C20H22N2O4S/c1-13(2)18(20(23)26-12-15-10-8-14(3)9-11-15)21-19-16-6-4-5-7-17(16)27(24,25)22-19/h4-11,13,18H,12H2,1-3H3,(H,21,22)/t18-/m0/s1. The molecule has 27 heavy (non-hydrogen) atoms. The number of benzene rings is 2. The summed E-state index contributed by atoms with van der Waals surface area (Å²) in [5, 5.41) is 0. The number of hydrogen-bond acceptors (Lipinski definition) is 5. The van der Waals surface area contributed by atoms with Crippen molar-refractivity contribution in [2.45, 2.75) is 38.3 Å². The summed E-state index contributed by atoms with van der Waals surface area (Å²) in [4.78, 5) is 17.1. The zero-order valence-electron chi connectivity index (χ0n) is 15.5. The van der Waals surface area contributed by atoms with Crippen molar-refractivity contribution in [1.29, 1.82) is 0 Å². The third-order valence-corrected chi connectivity index (χ3v) is 5.70. The van der Waals surface area contributed by atoms with E-state index in [-0.39, 0.29) is 23.3 Å². The second-order valence-electron chi connectivity index (χ2n) is 6.86. The number of aliphatic imine (C=N–C) groups is 1. The summed E-state index contributed by atoms with van der Waals surface area (Å²) in [6.45, 7) is 5.82. The SMILES string of the molecule is Cc1ccc(COC(=O)[C@@H](N=C2NS(=O)(=O)c3ccccc32)C(C)C)cc1. The number of aryl methyl sites for hydroxylation is 1. The molecule has 1 aliphatic heterocycles. The molecule has 6 nitrogen and oxygen atoms in total. The van der Waals surface area contributed by atoms with Crippen LogP contribution in [0.1, 0.15) is 30.5 Å². The lowest BCUT2D eigenvalue weighted by Crippen LogP contribution is -2.31. The lowest BCUT2D eigenvalue weighted by molar-refractivity contribution is -0.147. The predicted molar refractivity (Wildman–Crippen MR) is 103 cm³/mol. The molecule has 0 aliphatic carbocycles. The second-order valence-corrected chi connectivity index (χ2v) is 8.51. The Morgan fingerprint density at radius 1 is 1.11 bits per heavy atom. The molecule has 0 bridgehead atoms. The van der Waals surface area contributed by atoms with Crippen molar-refractivity contribution in [3.8, 4) is 0 Å². The smallest absolute Gasteiger partial charge is 0.331 e. The van der Waals surface area contributed by atoms with Gasteiger partial charge in [0.2, 0.25) is 0 Å². The minimum Gasteiger partial charge on any atom is -0.459 e. The fourth-order valence-electron chi connectivity index (χ4n) is 2.77. The van der Waals surface area contributed by atoms with Crippen LogP contribution in [0, 0.1) is 12.8 Å². The molecular weight excluding hydrogens is 364 g/mol. The Bertz CT molecular complexity index is 979. The Hall–Kier alpha value is -2.67. The van der Waals surface area contributed by atoms with Crippen LogP contribution in [-0.4, -0.2) is 26.3 Å². The fourth-order valence-corrected chi connectivity index (χ4v) is 4.01. The minimum atomic E-state index is -3.64. The highest BCUT2D eigenvalue weighted by Crippen LogP contribution is 2.23. The van der Waals surface area contributed by atoms with Gasteiger partial charge in [-0.3, -0.25) is 9.71 Å². The molecule has 2 aromatic carbocycles. The monoisotopic (exact) mass is 386 g/mol. The van der Waals surface area contributed by atoms with Crippen molar-refractivity contribution in [2.75, 3.05) is 0 Å². The van der Waals surface area contributed by atoms with E-state index in [1.54, 1.807) is 18.2 Å². The van der Waals surface area contributed by atoms with Crippen molar-refractivity contribution in [3.63, 3.8) is 0 Å². The third-order valence-electron chi connectivity index (χ3n) is 4.31. The summed E-state index contributed by atoms with van der Waals surface area (Å²) in [7, 11) is -3.64. The average molecular weight is 386 g/mol. The summed E-state index contributed by atoms with van der Waals surface area (Å²) >= 11 is 0. The molecule has 0 aromatic heterocycles. The molecule has 2 aromatic rings. The van der Waals surface area contributed by atoms with Gasteiger partial charge in [-0.1, -0.05) is 55.8 Å². The lowest BCUT2D eigenvalue weighted by Gasteiger charge is -2.16. The summed E-state index contributed by atoms with van der Waals surface area (Å²) in [6, 6.07) is 13.5. The normalized spacial score (nSPS) is 17.4. The number of ether oxygens (including phenoxy) is 1. The number of carbonyl (C=O) groups is 1. The first-order chi connectivity index (χ1) is 12.8. The van der Waals surface area contributed by atoms with E-state index in [2.05, 4.69) is 9.71 Å². The number of rotatable bonds is 5. The molecule has 1 N–H and O–H groups in total. The predicted octanol–water partition coefficient (Wildman–Crippen LogP) is 2.80. The number of esters is 1. The Labute approximate surface area is 159 Å². The summed E-state index contributed by atoms with van der Waals surface area (Å²) in [5.41, 5.74) is 2.48. The zero-order valence-corrected chi connectivity index (χ0v) is 16.3. The van der Waals surface area contributed by atoms with Crippen LogP contribution in [0.25, 0.3) is 0 Å². The molecule has 0 saturated carbocycles. The Kier molecular flexibility index (Phi) is 5.32. The van der Waals surface area contributed by atoms with Gasteiger partial charge in [-0.05, 0) is 30.5 Å². The van der Waals surface area contributed by atoms with Crippen LogP contribution in [0.4, 0.5) is 0 Å². The molecule has 0 saturated heterocycles. The van der Waals surface area contributed by atoms with Gasteiger partial charge in [0.1, 0.15) is 12.4 Å². The summed E-state index contributed by atoms with van der Waals surface area (Å²) < 4.78 is 32.3. The van der Waals surface area contributed by atoms with Crippen LogP contribution < -0.4 is 4.72 Å². The van der Waals surface area contributed by atoms with Crippen LogP contribution in [-0.2, 0) is 26.2 Å². The van der Waals surface area contributed by atoms with Crippen molar-refractivity contribution in [1.82, 2.24) is 4.72 Å². The van der Waals surface area contributed by atoms with Crippen molar-refractivity contribution in [2.24, 2.45) is 10.9 Å². The molecule has 1 heterocycles. The van der Waals surface area contributed by atoms with Crippen molar-refractivity contribution in [3.05, 3.63) is 65.2 Å². The fraction of sp³-hybridized carbons (Fsp3) is 0.300. The molecule has 0 fully saturated rings. The molecule has 0 spiro atoms. The van der Waals surface area contributed by atoms with Gasteiger partial charge < -0.3 is 4.74 Å². The quantitative estimate of drug-likeness (QED) is 0.801. The van der Waals surface area contributed by atoms with Gasteiger partial charge in [-0.15, -0.1) is 0 Å². The van der Waals surface area contributed by atoms with Gasteiger partial charge in [-0.2, -0.15) is 0 Å². The van der Waals surface area contributed by atoms with Crippen LogP contribution in [0.2, 0.25) is 0 Å². The van der Waals surface area contributed by atoms with E-state index >= 15 is 0 Å². The number of carbonyl (C=O) groups excluding carboxylic acids is 1. The second kappa shape index (κ2) is 7.52. The van der Waals surface area contributed by atoms with E-state index in [4.69, 9.17) is 4.74 Å². The van der Waals surface area contributed by atoms with Gasteiger partial charge in [0.15, 0.2) is 6.04 Å². The van der Waals surface area contributed by atoms with Gasteiger partial charge in [0.05, 0.1) is 4.90 Å². The first-order valence-corrected chi connectivity index (χ1v) is 10.2. The van der Waals surface area contributed by atoms with Crippen LogP contribution >= 0.6 is 0 Å².